The summed E-state index contributed by atoms with van der Waals surface area (Å²) in [7, 11) is 0. The number of carboxylic acid groups (broad SMARTS) is 1. The Morgan fingerprint density at radius 2 is 2.15 bits per heavy atom. The highest BCUT2D eigenvalue weighted by Crippen LogP contribution is 2.26. The number of aliphatic carboxylic acids is 1. The minimum Gasteiger partial charge on any atom is -0.480 e. The molecule has 4 heteroatoms. The molecule has 0 spiro atoms. The van der Waals surface area contributed by atoms with Crippen LogP contribution in [0.3, 0.4) is 0 Å². The van der Waals surface area contributed by atoms with Crippen molar-refractivity contribution >= 4 is 5.97 Å². The number of likely N-dealkylation sites (tertiary alicyclic amines) is 1. The highest BCUT2D eigenvalue weighted by Gasteiger charge is 2.39. The van der Waals surface area contributed by atoms with Crippen LogP contribution in [0.5, 0.6) is 0 Å². The molecule has 2 rings (SSSR count). The number of nitrogens with zero attached hydrogens (tertiary/aromatic N) is 1. The summed E-state index contributed by atoms with van der Waals surface area (Å²) in [5, 5.41) is 9.56. The minimum atomic E-state index is -1.32. The van der Waals surface area contributed by atoms with Crippen LogP contribution in [-0.2, 0) is 10.3 Å². The Hall–Kier alpha value is -1.39. The zero-order chi connectivity index (χ0) is 14.6. The van der Waals surface area contributed by atoms with Crippen molar-refractivity contribution in [2.45, 2.75) is 31.7 Å². The molecule has 1 aliphatic heterocycles. The summed E-state index contributed by atoms with van der Waals surface area (Å²) in [4.78, 5) is 13.9. The highest BCUT2D eigenvalue weighted by molar-refractivity contribution is 5.80. The second-order valence-electron chi connectivity index (χ2n) is 5.82. The molecule has 2 atom stereocenters. The number of hydrogen-bond donors (Lipinski definition) is 2. The number of carboxylic acids is 1. The number of rotatable bonds is 6. The lowest BCUT2D eigenvalue weighted by atomic mass is 9.90. The Labute approximate surface area is 120 Å². The van der Waals surface area contributed by atoms with E-state index >= 15 is 0 Å². The quantitative estimate of drug-likeness (QED) is 0.834. The monoisotopic (exact) mass is 276 g/mol. The summed E-state index contributed by atoms with van der Waals surface area (Å²) in [6.07, 6.45) is 3.55. The zero-order valence-electron chi connectivity index (χ0n) is 12.1. The van der Waals surface area contributed by atoms with Crippen LogP contribution in [0.15, 0.2) is 30.3 Å². The molecule has 1 aliphatic rings. The molecule has 110 valence electrons. The normalized spacial score (nSPS) is 22.6. The van der Waals surface area contributed by atoms with Crippen molar-refractivity contribution in [1.82, 2.24) is 4.90 Å². The van der Waals surface area contributed by atoms with E-state index in [-0.39, 0.29) is 0 Å². The molecular formula is C16H24N2O2. The Balaban J connectivity index is 2.09. The van der Waals surface area contributed by atoms with Crippen LogP contribution in [0.25, 0.3) is 0 Å². The molecule has 1 aromatic carbocycles. The van der Waals surface area contributed by atoms with Crippen LogP contribution in [-0.4, -0.2) is 35.6 Å². The van der Waals surface area contributed by atoms with Crippen molar-refractivity contribution in [3.05, 3.63) is 35.9 Å². The van der Waals surface area contributed by atoms with Gasteiger partial charge in [-0.05, 0) is 30.9 Å². The highest BCUT2D eigenvalue weighted by atomic mass is 16.4. The largest absolute Gasteiger partial charge is 0.480 e. The van der Waals surface area contributed by atoms with Crippen LogP contribution in [0.2, 0.25) is 0 Å². The van der Waals surface area contributed by atoms with Gasteiger partial charge in [-0.25, -0.2) is 4.79 Å². The SMILES string of the molecule is CCCC1CCN(CC(N)(C(=O)O)c2ccccc2)C1. The number of hydrogen-bond acceptors (Lipinski definition) is 3. The van der Waals surface area contributed by atoms with Gasteiger partial charge in [-0.1, -0.05) is 43.7 Å². The fraction of sp³-hybridized carbons (Fsp3) is 0.562. The Morgan fingerprint density at radius 3 is 2.75 bits per heavy atom. The molecule has 0 radical (unpaired) electrons. The molecule has 0 saturated carbocycles. The molecule has 0 aliphatic carbocycles. The molecule has 0 bridgehead atoms. The fourth-order valence-electron chi connectivity index (χ4n) is 3.07. The second-order valence-corrected chi connectivity index (χ2v) is 5.82. The molecule has 1 saturated heterocycles. The Morgan fingerprint density at radius 1 is 1.45 bits per heavy atom. The topological polar surface area (TPSA) is 66.6 Å². The maximum absolute atomic E-state index is 11.7. The summed E-state index contributed by atoms with van der Waals surface area (Å²) in [6, 6.07) is 9.15. The molecule has 20 heavy (non-hydrogen) atoms. The second kappa shape index (κ2) is 6.37. The summed E-state index contributed by atoms with van der Waals surface area (Å²) >= 11 is 0. The molecule has 3 N–H and O–H groups in total. The number of carbonyl (C=O) groups is 1. The molecule has 4 nitrogen and oxygen atoms in total. The van der Waals surface area contributed by atoms with Gasteiger partial charge in [0.1, 0.15) is 0 Å². The first-order chi connectivity index (χ1) is 9.56. The third-order valence-electron chi connectivity index (χ3n) is 4.21. The van der Waals surface area contributed by atoms with Crippen molar-refractivity contribution in [2.24, 2.45) is 11.7 Å². The average Bonchev–Trinajstić information content (AvgIpc) is 2.87. The van der Waals surface area contributed by atoms with Crippen molar-refractivity contribution in [2.75, 3.05) is 19.6 Å². The lowest BCUT2D eigenvalue weighted by molar-refractivity contribution is -0.144. The first-order valence-electron chi connectivity index (χ1n) is 7.36. The lowest BCUT2D eigenvalue weighted by Crippen LogP contribution is -2.53. The van der Waals surface area contributed by atoms with Crippen molar-refractivity contribution in [1.29, 1.82) is 0 Å². The lowest BCUT2D eigenvalue weighted by Gasteiger charge is -2.30. The van der Waals surface area contributed by atoms with E-state index in [0.29, 0.717) is 18.0 Å². The summed E-state index contributed by atoms with van der Waals surface area (Å²) in [6.45, 7) is 4.49. The van der Waals surface area contributed by atoms with Crippen molar-refractivity contribution in [3.63, 3.8) is 0 Å². The first kappa shape index (κ1) is 15.0. The van der Waals surface area contributed by atoms with Crippen LogP contribution in [0.4, 0.5) is 0 Å². The molecule has 1 fully saturated rings. The molecular weight excluding hydrogens is 252 g/mol. The van der Waals surface area contributed by atoms with Gasteiger partial charge >= 0.3 is 5.97 Å². The van der Waals surface area contributed by atoms with Gasteiger partial charge in [0.2, 0.25) is 0 Å². The van der Waals surface area contributed by atoms with E-state index in [1.807, 2.05) is 18.2 Å². The van der Waals surface area contributed by atoms with Gasteiger partial charge < -0.3 is 15.7 Å². The standard InChI is InChI=1S/C16H24N2O2/c1-2-6-13-9-10-18(11-13)12-16(17,15(19)20)14-7-4-3-5-8-14/h3-5,7-8,13H,2,6,9-12,17H2,1H3,(H,19,20). The van der Waals surface area contributed by atoms with Crippen LogP contribution in [0, 0.1) is 5.92 Å². The van der Waals surface area contributed by atoms with Crippen LogP contribution >= 0.6 is 0 Å². The molecule has 0 aromatic heterocycles. The van der Waals surface area contributed by atoms with E-state index in [2.05, 4.69) is 11.8 Å². The van der Waals surface area contributed by atoms with E-state index in [1.165, 1.54) is 12.8 Å². The third-order valence-corrected chi connectivity index (χ3v) is 4.21. The molecule has 1 heterocycles. The van der Waals surface area contributed by atoms with E-state index in [1.54, 1.807) is 12.1 Å². The summed E-state index contributed by atoms with van der Waals surface area (Å²) in [5.74, 6) is -0.267. The van der Waals surface area contributed by atoms with Gasteiger partial charge in [-0.3, -0.25) is 0 Å². The van der Waals surface area contributed by atoms with E-state index in [0.717, 1.165) is 19.5 Å². The number of benzene rings is 1. The zero-order valence-corrected chi connectivity index (χ0v) is 12.1. The Kier molecular flexibility index (Phi) is 4.78. The maximum atomic E-state index is 11.7. The van der Waals surface area contributed by atoms with Crippen molar-refractivity contribution in [3.8, 4) is 0 Å². The van der Waals surface area contributed by atoms with Gasteiger partial charge in [0.15, 0.2) is 5.54 Å². The van der Waals surface area contributed by atoms with Gasteiger partial charge in [0, 0.05) is 13.1 Å². The van der Waals surface area contributed by atoms with Crippen molar-refractivity contribution < 1.29 is 9.90 Å². The van der Waals surface area contributed by atoms with Gasteiger partial charge in [0.25, 0.3) is 0 Å². The smallest absolute Gasteiger partial charge is 0.329 e. The predicted molar refractivity (Wildman–Crippen MR) is 79.4 cm³/mol. The maximum Gasteiger partial charge on any atom is 0.329 e. The van der Waals surface area contributed by atoms with E-state index < -0.39 is 11.5 Å². The molecule has 1 aromatic rings. The third kappa shape index (κ3) is 3.19. The van der Waals surface area contributed by atoms with E-state index in [9.17, 15) is 9.90 Å². The fourth-order valence-corrected chi connectivity index (χ4v) is 3.07. The number of nitrogens with two attached hydrogens (primary N) is 1. The summed E-state index contributed by atoms with van der Waals surface area (Å²) < 4.78 is 0. The van der Waals surface area contributed by atoms with Crippen LogP contribution in [0.1, 0.15) is 31.7 Å². The summed E-state index contributed by atoms with van der Waals surface area (Å²) in [5.41, 5.74) is 5.58. The molecule has 0 amide bonds. The van der Waals surface area contributed by atoms with Gasteiger partial charge in [0.05, 0.1) is 0 Å². The minimum absolute atomic E-state index is 0.382. The van der Waals surface area contributed by atoms with Gasteiger partial charge in [-0.15, -0.1) is 0 Å². The molecule has 2 unspecified atom stereocenters. The van der Waals surface area contributed by atoms with Crippen LogP contribution < -0.4 is 5.73 Å². The predicted octanol–water partition coefficient (Wildman–Crippen LogP) is 2.05. The first-order valence-corrected chi connectivity index (χ1v) is 7.36. The Bertz CT molecular complexity index is 449. The van der Waals surface area contributed by atoms with E-state index in [4.69, 9.17) is 5.73 Å². The van der Waals surface area contributed by atoms with Gasteiger partial charge in [-0.2, -0.15) is 0 Å². The average molecular weight is 276 g/mol.